The van der Waals surface area contributed by atoms with Gasteiger partial charge in [-0.2, -0.15) is 5.10 Å². The molecule has 1 aliphatic rings. The van der Waals surface area contributed by atoms with Crippen molar-refractivity contribution in [2.24, 2.45) is 0 Å². The van der Waals surface area contributed by atoms with Crippen molar-refractivity contribution in [3.05, 3.63) is 97.7 Å². The Balaban J connectivity index is 1.21. The molecule has 0 unspecified atom stereocenters. The minimum absolute atomic E-state index is 0.00824. The van der Waals surface area contributed by atoms with E-state index in [1.807, 2.05) is 50.4 Å². The largest absolute Gasteiger partial charge is 0.489 e. The number of hydrogen-bond acceptors (Lipinski definition) is 8. The van der Waals surface area contributed by atoms with Gasteiger partial charge in [0.15, 0.2) is 0 Å². The van der Waals surface area contributed by atoms with E-state index in [0.717, 1.165) is 46.0 Å². The second-order valence-corrected chi connectivity index (χ2v) is 10.5. The summed E-state index contributed by atoms with van der Waals surface area (Å²) in [5.74, 6) is 0.452. The number of aliphatic hydroxyl groups excluding tert-OH is 1. The van der Waals surface area contributed by atoms with Gasteiger partial charge in [0, 0.05) is 35.8 Å². The number of nitrogens with one attached hydrogen (secondary N) is 2. The van der Waals surface area contributed by atoms with E-state index in [2.05, 4.69) is 25.4 Å². The predicted molar refractivity (Wildman–Crippen MR) is 145 cm³/mol. The highest BCUT2D eigenvalue weighted by molar-refractivity contribution is 7.08. The number of aliphatic hydroxyl groups is 1. The van der Waals surface area contributed by atoms with Crippen LogP contribution in [0.5, 0.6) is 5.75 Å². The number of aromatic amines is 1. The molecule has 196 valence electrons. The zero-order valence-electron chi connectivity index (χ0n) is 21.2. The van der Waals surface area contributed by atoms with Crippen molar-refractivity contribution >= 4 is 17.2 Å². The van der Waals surface area contributed by atoms with Gasteiger partial charge in [0.1, 0.15) is 17.4 Å². The summed E-state index contributed by atoms with van der Waals surface area (Å²) >= 11 is 1.09. The monoisotopic (exact) mass is 531 g/mol. The number of aryl methyl sites for hydroxylation is 1. The maximum Gasteiger partial charge on any atom is 0.322 e. The number of carbonyl (C=O) groups is 1. The predicted octanol–water partition coefficient (Wildman–Crippen LogP) is 3.10. The van der Waals surface area contributed by atoms with Gasteiger partial charge in [0.05, 0.1) is 18.3 Å². The van der Waals surface area contributed by atoms with Gasteiger partial charge in [-0.05, 0) is 61.5 Å². The average molecular weight is 532 g/mol. The van der Waals surface area contributed by atoms with Crippen LogP contribution in [0.4, 0.5) is 0 Å². The second-order valence-electron chi connectivity index (χ2n) is 9.53. The molecule has 3 heterocycles. The summed E-state index contributed by atoms with van der Waals surface area (Å²) in [5, 5.41) is 19.7. The first kappa shape index (κ1) is 25.8. The van der Waals surface area contributed by atoms with Crippen molar-refractivity contribution in [3.8, 4) is 17.0 Å². The van der Waals surface area contributed by atoms with Crippen molar-refractivity contribution in [2.45, 2.75) is 32.1 Å². The number of rotatable bonds is 8. The van der Waals surface area contributed by atoms with Gasteiger partial charge in [-0.15, -0.1) is 0 Å². The average Bonchev–Trinajstić information content (AvgIpc) is 3.52. The molecule has 0 spiro atoms. The Hall–Kier alpha value is -3.86. The highest BCUT2D eigenvalue weighted by Crippen LogP contribution is 2.27. The zero-order chi connectivity index (χ0) is 26.6. The molecular formula is C28H29N5O4S. The van der Waals surface area contributed by atoms with Crippen LogP contribution in [0.15, 0.2) is 65.5 Å². The van der Waals surface area contributed by atoms with E-state index < -0.39 is 0 Å². The van der Waals surface area contributed by atoms with Crippen LogP contribution in [0.25, 0.3) is 11.3 Å². The molecule has 1 aliphatic heterocycles. The lowest BCUT2D eigenvalue weighted by atomic mass is 10.0. The molecule has 1 fully saturated rings. The van der Waals surface area contributed by atoms with Gasteiger partial charge >= 0.3 is 4.87 Å². The summed E-state index contributed by atoms with van der Waals surface area (Å²) in [5.41, 5.74) is 5.08. The van der Waals surface area contributed by atoms with Crippen LogP contribution in [-0.2, 0) is 13.2 Å². The fraction of sp³-hybridized carbons (Fsp3) is 0.286. The quantitative estimate of drug-likeness (QED) is 0.320. The van der Waals surface area contributed by atoms with Crippen LogP contribution in [0.1, 0.15) is 38.1 Å². The van der Waals surface area contributed by atoms with Gasteiger partial charge in [0.25, 0.3) is 5.91 Å². The molecule has 2 aromatic carbocycles. The van der Waals surface area contributed by atoms with Gasteiger partial charge in [-0.3, -0.25) is 14.6 Å². The van der Waals surface area contributed by atoms with Crippen molar-refractivity contribution in [3.63, 3.8) is 0 Å². The van der Waals surface area contributed by atoms with E-state index in [4.69, 9.17) is 4.74 Å². The molecular weight excluding hydrogens is 502 g/mol. The SMILES string of the molecule is Cc1cc(COc2ccc(C(=O)N[C@@H]3CN(C)C[C@@H]3c3n[nH]c(=O)s3)cc2)cc(-c2ccc(CO)cc2)n1. The molecule has 0 radical (unpaired) electrons. The minimum atomic E-state index is -0.190. The first-order chi connectivity index (χ1) is 18.4. The smallest absolute Gasteiger partial charge is 0.322 e. The summed E-state index contributed by atoms with van der Waals surface area (Å²) in [4.78, 5) is 31.1. The fourth-order valence-electron chi connectivity index (χ4n) is 4.67. The number of likely N-dealkylation sites (N-methyl/N-ethyl adjacent to an activating group) is 1. The number of benzene rings is 2. The Labute approximate surface area is 224 Å². The van der Waals surface area contributed by atoms with Crippen molar-refractivity contribution in [1.29, 1.82) is 0 Å². The zero-order valence-corrected chi connectivity index (χ0v) is 22.0. The highest BCUT2D eigenvalue weighted by Gasteiger charge is 2.35. The molecule has 3 N–H and O–H groups in total. The Morgan fingerprint density at radius 3 is 2.58 bits per heavy atom. The van der Waals surface area contributed by atoms with E-state index in [-0.39, 0.29) is 29.3 Å². The number of aromatic nitrogens is 3. The summed E-state index contributed by atoms with van der Waals surface area (Å²) in [6.45, 7) is 3.72. The Morgan fingerprint density at radius 1 is 1.13 bits per heavy atom. The molecule has 2 atom stereocenters. The molecule has 4 aromatic rings. The van der Waals surface area contributed by atoms with E-state index in [1.54, 1.807) is 24.3 Å². The number of nitrogens with zero attached hydrogens (tertiary/aromatic N) is 3. The van der Waals surface area contributed by atoms with Crippen LogP contribution in [0.2, 0.25) is 0 Å². The first-order valence-corrected chi connectivity index (χ1v) is 13.1. The molecule has 5 rings (SSSR count). The first-order valence-electron chi connectivity index (χ1n) is 12.3. The Morgan fingerprint density at radius 2 is 1.89 bits per heavy atom. The summed E-state index contributed by atoms with van der Waals surface area (Å²) in [6.07, 6.45) is 0. The maximum absolute atomic E-state index is 13.0. The van der Waals surface area contributed by atoms with Gasteiger partial charge < -0.3 is 20.1 Å². The van der Waals surface area contributed by atoms with Crippen molar-refractivity contribution in [2.75, 3.05) is 20.1 Å². The lowest BCUT2D eigenvalue weighted by molar-refractivity contribution is 0.0935. The van der Waals surface area contributed by atoms with E-state index in [9.17, 15) is 14.7 Å². The lowest BCUT2D eigenvalue weighted by Gasteiger charge is -2.18. The standard InChI is InChI=1S/C28H29N5O4S/c1-17-11-19(12-24(29-17)20-5-3-18(15-34)4-6-20)16-37-22-9-7-21(8-10-22)26(35)30-25-14-33(2)13-23(25)27-31-32-28(36)38-27/h3-12,23,25,34H,13-16H2,1-2H3,(H,30,35)(H,32,36)/t23-,25+/m0/s1. The van der Waals surface area contributed by atoms with Crippen LogP contribution in [0, 0.1) is 6.92 Å². The van der Waals surface area contributed by atoms with E-state index >= 15 is 0 Å². The molecule has 0 bridgehead atoms. The third kappa shape index (κ3) is 5.99. The van der Waals surface area contributed by atoms with E-state index in [0.29, 0.717) is 29.5 Å². The van der Waals surface area contributed by atoms with Gasteiger partial charge in [-0.25, -0.2) is 5.10 Å². The third-order valence-corrected chi connectivity index (χ3v) is 7.44. The number of amides is 1. The molecule has 1 amide bonds. The van der Waals surface area contributed by atoms with Crippen LogP contribution >= 0.6 is 11.3 Å². The molecule has 0 aliphatic carbocycles. The highest BCUT2D eigenvalue weighted by atomic mass is 32.1. The number of carbonyl (C=O) groups excluding carboxylic acids is 1. The van der Waals surface area contributed by atoms with Crippen LogP contribution in [0.3, 0.4) is 0 Å². The number of pyridine rings is 1. The van der Waals surface area contributed by atoms with E-state index in [1.165, 1.54) is 0 Å². The topological polar surface area (TPSA) is 120 Å². The lowest BCUT2D eigenvalue weighted by Crippen LogP contribution is -2.39. The van der Waals surface area contributed by atoms with Crippen molar-refractivity contribution < 1.29 is 14.6 Å². The number of ether oxygens (including phenoxy) is 1. The molecule has 2 aromatic heterocycles. The molecule has 38 heavy (non-hydrogen) atoms. The Kier molecular flexibility index (Phi) is 7.64. The Bertz CT molecular complexity index is 1470. The summed E-state index contributed by atoms with van der Waals surface area (Å²) in [6, 6.07) is 18.6. The number of H-pyrrole nitrogens is 1. The van der Waals surface area contributed by atoms with Crippen molar-refractivity contribution in [1.82, 2.24) is 25.4 Å². The van der Waals surface area contributed by atoms with Crippen LogP contribution < -0.4 is 14.9 Å². The maximum atomic E-state index is 13.0. The summed E-state index contributed by atoms with van der Waals surface area (Å²) < 4.78 is 5.99. The molecule has 10 heteroatoms. The van der Waals surface area contributed by atoms with Gasteiger partial charge in [0.2, 0.25) is 0 Å². The second kappa shape index (κ2) is 11.3. The number of likely N-dealkylation sites (tertiary alicyclic amines) is 1. The molecule has 0 saturated carbocycles. The molecule has 9 nitrogen and oxygen atoms in total. The third-order valence-electron chi connectivity index (χ3n) is 6.56. The number of hydrogen-bond donors (Lipinski definition) is 3. The van der Waals surface area contributed by atoms with Crippen LogP contribution in [-0.4, -0.2) is 57.3 Å². The normalized spacial score (nSPS) is 17.4. The minimum Gasteiger partial charge on any atom is -0.489 e. The fourth-order valence-corrected chi connectivity index (χ4v) is 5.43. The summed E-state index contributed by atoms with van der Waals surface area (Å²) in [7, 11) is 1.99. The van der Waals surface area contributed by atoms with Gasteiger partial charge in [-0.1, -0.05) is 35.6 Å². The molecule has 1 saturated heterocycles.